The monoisotopic (exact) mass is 808 g/mol. The topological polar surface area (TPSA) is 96.7 Å². The molecule has 0 radical (unpaired) electrons. The van der Waals surface area contributed by atoms with Crippen LogP contribution in [-0.2, 0) is 9.59 Å². The molecule has 4 aromatic carbocycles. The van der Waals surface area contributed by atoms with Crippen LogP contribution in [0.3, 0.4) is 0 Å². The lowest BCUT2D eigenvalue weighted by Gasteiger charge is -2.31. The summed E-state index contributed by atoms with van der Waals surface area (Å²) in [7, 11) is 0. The molecule has 7 nitrogen and oxygen atoms in total. The van der Waals surface area contributed by atoms with Crippen molar-refractivity contribution in [2.24, 2.45) is 42.1 Å². The minimum Gasteiger partial charge on any atom is -0.453 e. The number of benzene rings is 4. The number of allylic oxidation sites excluding steroid dienone is 10. The van der Waals surface area contributed by atoms with E-state index in [1.165, 1.54) is 0 Å². The van der Waals surface area contributed by atoms with Gasteiger partial charge in [0.05, 0.1) is 11.4 Å². The fourth-order valence-corrected chi connectivity index (χ4v) is 7.65. The van der Waals surface area contributed by atoms with Crippen LogP contribution in [0.1, 0.15) is 94.6 Å². The molecule has 0 amide bonds. The van der Waals surface area contributed by atoms with E-state index in [4.69, 9.17) is 24.9 Å². The van der Waals surface area contributed by atoms with Crippen LogP contribution in [0.4, 0.5) is 11.4 Å². The lowest BCUT2D eigenvalue weighted by atomic mass is 9.71. The van der Waals surface area contributed by atoms with E-state index in [9.17, 15) is 9.59 Å². The maximum atomic E-state index is 14.1. The van der Waals surface area contributed by atoms with Crippen LogP contribution in [0.5, 0.6) is 0 Å². The van der Waals surface area contributed by atoms with Crippen molar-refractivity contribution in [3.8, 4) is 0 Å². The molecular formula is C54H56N4O3. The van der Waals surface area contributed by atoms with Crippen molar-refractivity contribution in [2.75, 3.05) is 0 Å². The Morgan fingerprint density at radius 1 is 0.410 bits per heavy atom. The van der Waals surface area contributed by atoms with E-state index in [0.29, 0.717) is 67.7 Å². The molecule has 0 aliphatic heterocycles. The quantitative estimate of drug-likeness (QED) is 0.160. The lowest BCUT2D eigenvalue weighted by molar-refractivity contribution is -0.114. The van der Waals surface area contributed by atoms with Crippen LogP contribution in [-0.4, -0.2) is 11.6 Å². The summed E-state index contributed by atoms with van der Waals surface area (Å²) in [5.41, 5.74) is 4.64. The van der Waals surface area contributed by atoms with Gasteiger partial charge in [-0.25, -0.2) is 0 Å². The van der Waals surface area contributed by atoms with Gasteiger partial charge in [0.2, 0.25) is 0 Å². The first-order chi connectivity index (χ1) is 28.6. The molecule has 2 aliphatic carbocycles. The molecule has 2 aliphatic rings. The average molecular weight is 809 g/mol. The first-order valence-corrected chi connectivity index (χ1v) is 21.0. The molecule has 0 saturated heterocycles. The number of nitrogens with zero attached hydrogens (tertiary/aromatic N) is 4. The van der Waals surface area contributed by atoms with Crippen molar-refractivity contribution in [3.05, 3.63) is 166 Å². The van der Waals surface area contributed by atoms with Gasteiger partial charge < -0.3 is 4.42 Å². The van der Waals surface area contributed by atoms with E-state index in [1.54, 1.807) is 0 Å². The highest BCUT2D eigenvalue weighted by molar-refractivity contribution is 6.13. The lowest BCUT2D eigenvalue weighted by Crippen LogP contribution is -2.28. The second kappa shape index (κ2) is 15.9. The van der Waals surface area contributed by atoms with Gasteiger partial charge in [-0.1, -0.05) is 156 Å². The van der Waals surface area contributed by atoms with Gasteiger partial charge in [0.25, 0.3) is 0 Å². The SMILES string of the molecule is CC(C)(C)C1=CC(=C(N=Nc2cccc3ccccc23)c2ccc(C(N=Nc3cccc4ccccc34)=C3C=C(C(C)(C)C)C(=O)C(C(C)(C)C)=C3)o2)C=C(C(C)(C)C)C1=O. The van der Waals surface area contributed by atoms with Gasteiger partial charge in [-0.2, -0.15) is 0 Å². The normalized spacial score (nSPS) is 15.8. The van der Waals surface area contributed by atoms with Gasteiger partial charge in [-0.15, -0.1) is 20.5 Å². The van der Waals surface area contributed by atoms with Crippen LogP contribution >= 0.6 is 0 Å². The molecule has 0 fully saturated rings. The largest absolute Gasteiger partial charge is 0.453 e. The second-order valence-electron chi connectivity index (χ2n) is 20.1. The molecular weight excluding hydrogens is 753 g/mol. The number of carbonyl (C=O) groups excluding carboxylic acids is 2. The fourth-order valence-electron chi connectivity index (χ4n) is 7.65. The van der Waals surface area contributed by atoms with Gasteiger partial charge >= 0.3 is 0 Å². The highest BCUT2D eigenvalue weighted by Gasteiger charge is 2.37. The van der Waals surface area contributed by atoms with Crippen molar-refractivity contribution >= 4 is 55.9 Å². The van der Waals surface area contributed by atoms with E-state index in [1.807, 2.05) is 97.1 Å². The number of azo groups is 2. The van der Waals surface area contributed by atoms with Crippen molar-refractivity contribution in [3.63, 3.8) is 0 Å². The number of hydrogen-bond donors (Lipinski definition) is 0. The molecule has 0 unspecified atom stereocenters. The fraction of sp³-hybridized carbons (Fsp3) is 0.296. The van der Waals surface area contributed by atoms with E-state index in [0.717, 1.165) is 21.5 Å². The predicted molar refractivity (Wildman–Crippen MR) is 250 cm³/mol. The molecule has 7 heteroatoms. The third kappa shape index (κ3) is 8.93. The van der Waals surface area contributed by atoms with Gasteiger partial charge in [-0.05, 0) is 81.0 Å². The zero-order valence-corrected chi connectivity index (χ0v) is 37.6. The molecule has 310 valence electrons. The van der Waals surface area contributed by atoms with Crippen LogP contribution in [0.25, 0.3) is 32.9 Å². The Bertz CT molecular complexity index is 2580. The molecule has 0 spiro atoms. The first kappa shape index (κ1) is 42.8. The van der Waals surface area contributed by atoms with E-state index >= 15 is 0 Å². The Hall–Kier alpha value is -6.34. The molecule has 1 heterocycles. The predicted octanol–water partition coefficient (Wildman–Crippen LogP) is 15.6. The third-order valence-corrected chi connectivity index (χ3v) is 11.1. The zero-order valence-electron chi connectivity index (χ0n) is 37.6. The van der Waals surface area contributed by atoms with Crippen LogP contribution in [0.2, 0.25) is 0 Å². The van der Waals surface area contributed by atoms with E-state index in [2.05, 4.69) is 107 Å². The Balaban J connectivity index is 1.51. The maximum Gasteiger partial charge on any atom is 0.186 e. The smallest absolute Gasteiger partial charge is 0.186 e. The van der Waals surface area contributed by atoms with E-state index < -0.39 is 21.7 Å². The maximum absolute atomic E-state index is 14.1. The summed E-state index contributed by atoms with van der Waals surface area (Å²) in [6.07, 6.45) is 7.72. The molecule has 61 heavy (non-hydrogen) atoms. The van der Waals surface area contributed by atoms with Gasteiger partial charge in [-0.3, -0.25) is 9.59 Å². The van der Waals surface area contributed by atoms with Crippen molar-refractivity contribution in [2.45, 2.75) is 83.1 Å². The molecule has 0 saturated carbocycles. The molecule has 0 bridgehead atoms. The number of rotatable bonds is 6. The number of Topliss-reactive ketones (excluding diaryl/α,β-unsaturated/α-hetero) is 2. The summed E-state index contributed by atoms with van der Waals surface area (Å²) in [5, 5.41) is 23.7. The van der Waals surface area contributed by atoms with E-state index in [-0.39, 0.29) is 11.6 Å². The molecule has 0 N–H and O–H groups in total. The highest BCUT2D eigenvalue weighted by atomic mass is 16.3. The Kier molecular flexibility index (Phi) is 11.2. The number of ketones is 2. The zero-order chi connectivity index (χ0) is 44.1. The average Bonchev–Trinajstić information content (AvgIpc) is 3.66. The van der Waals surface area contributed by atoms with Crippen molar-refractivity contribution < 1.29 is 14.0 Å². The summed E-state index contributed by atoms with van der Waals surface area (Å²) in [6.45, 7) is 24.6. The molecule has 7 rings (SSSR count). The summed E-state index contributed by atoms with van der Waals surface area (Å²) >= 11 is 0. The summed E-state index contributed by atoms with van der Waals surface area (Å²) in [5.74, 6) is 0.903. The van der Waals surface area contributed by atoms with Crippen molar-refractivity contribution in [1.29, 1.82) is 0 Å². The highest BCUT2D eigenvalue weighted by Crippen LogP contribution is 2.44. The molecule has 0 atom stereocenters. The molecule has 1 aromatic heterocycles. The van der Waals surface area contributed by atoms with Crippen LogP contribution < -0.4 is 0 Å². The number of hydrogen-bond acceptors (Lipinski definition) is 7. The molecule has 5 aromatic rings. The summed E-state index contributed by atoms with van der Waals surface area (Å²) in [4.78, 5) is 28.2. The minimum atomic E-state index is -0.453. The first-order valence-electron chi connectivity index (χ1n) is 21.0. The number of fused-ring (bicyclic) bond motifs is 2. The summed E-state index contributed by atoms with van der Waals surface area (Å²) < 4.78 is 6.89. The third-order valence-electron chi connectivity index (χ3n) is 11.1. The number of furan rings is 1. The van der Waals surface area contributed by atoms with Gasteiger partial charge in [0.1, 0.15) is 11.4 Å². The number of carbonyl (C=O) groups is 2. The summed E-state index contributed by atoms with van der Waals surface area (Å²) in [6, 6.07) is 31.8. The Morgan fingerprint density at radius 3 is 1.05 bits per heavy atom. The minimum absolute atomic E-state index is 0.0184. The second-order valence-corrected chi connectivity index (χ2v) is 20.1. The van der Waals surface area contributed by atoms with Crippen molar-refractivity contribution in [1.82, 2.24) is 0 Å². The Morgan fingerprint density at radius 2 is 0.721 bits per heavy atom. The Labute approximate surface area is 360 Å². The van der Waals surface area contributed by atoms with Crippen LogP contribution in [0.15, 0.2) is 180 Å². The standard InChI is InChI=1S/C54H56N4O3/c1-51(2,3)39-29-35(30-40(49(39)59)52(4,5)6)47(57-55-43-25-17-21-33-19-13-15-23-37(33)43)45-27-28-46(61-45)48(58-56-44-26-18-22-34-20-14-16-24-38(34)44)36-31-41(53(7,8)9)50(60)42(32-36)54(10,11)12/h13-32H,1-12H3. The van der Waals surface area contributed by atoms with Crippen LogP contribution in [0, 0.1) is 21.7 Å². The van der Waals surface area contributed by atoms with Gasteiger partial charge in [0, 0.05) is 44.2 Å². The van der Waals surface area contributed by atoms with Gasteiger partial charge in [0.15, 0.2) is 23.1 Å².